The van der Waals surface area contributed by atoms with E-state index in [0.717, 1.165) is 63.5 Å². The first kappa shape index (κ1) is 17.7. The van der Waals surface area contributed by atoms with E-state index in [2.05, 4.69) is 40.6 Å². The van der Waals surface area contributed by atoms with E-state index in [4.69, 9.17) is 14.5 Å². The molecule has 2 aromatic rings. The van der Waals surface area contributed by atoms with Crippen molar-refractivity contribution < 1.29 is 9.47 Å². The van der Waals surface area contributed by atoms with Crippen LogP contribution in [0.25, 0.3) is 0 Å². The summed E-state index contributed by atoms with van der Waals surface area (Å²) < 4.78 is 11.8. The van der Waals surface area contributed by atoms with Crippen LogP contribution in [0.4, 0.5) is 5.69 Å². The van der Waals surface area contributed by atoms with Crippen molar-refractivity contribution in [1.82, 2.24) is 4.98 Å². The van der Waals surface area contributed by atoms with Gasteiger partial charge in [0.05, 0.1) is 6.04 Å². The van der Waals surface area contributed by atoms with Gasteiger partial charge in [-0.1, -0.05) is 24.3 Å². The Morgan fingerprint density at radius 1 is 1.04 bits per heavy atom. The second-order valence-electron chi connectivity index (χ2n) is 8.01. The first-order valence-corrected chi connectivity index (χ1v) is 10.5. The van der Waals surface area contributed by atoms with Crippen LogP contribution in [0.2, 0.25) is 0 Å². The molecule has 0 unspecified atom stereocenters. The minimum Gasteiger partial charge on any atom is -0.474 e. The molecule has 0 radical (unpaired) electrons. The van der Waals surface area contributed by atoms with Crippen LogP contribution < -0.4 is 10.1 Å². The fourth-order valence-corrected chi connectivity index (χ4v) is 4.37. The van der Waals surface area contributed by atoms with Crippen molar-refractivity contribution in [3.8, 4) is 5.88 Å². The Morgan fingerprint density at radius 2 is 1.89 bits per heavy atom. The van der Waals surface area contributed by atoms with Gasteiger partial charge in [-0.2, -0.15) is 0 Å². The van der Waals surface area contributed by atoms with Gasteiger partial charge in [0.25, 0.3) is 0 Å². The molecule has 28 heavy (non-hydrogen) atoms. The molecular weight excluding hydrogens is 350 g/mol. The third-order valence-electron chi connectivity index (χ3n) is 6.08. The van der Waals surface area contributed by atoms with E-state index in [1.165, 1.54) is 16.8 Å². The van der Waals surface area contributed by atoms with E-state index in [1.807, 2.05) is 12.3 Å². The number of aliphatic imine (C=N–C) groups is 1. The molecule has 1 saturated carbocycles. The molecule has 5 rings (SSSR count). The highest BCUT2D eigenvalue weighted by molar-refractivity contribution is 5.98. The summed E-state index contributed by atoms with van der Waals surface area (Å²) in [6, 6.07) is 13.0. The topological polar surface area (TPSA) is 55.7 Å². The number of pyridine rings is 1. The zero-order valence-electron chi connectivity index (χ0n) is 16.1. The Hall–Kier alpha value is -2.40. The number of amidine groups is 1. The average molecular weight is 377 g/mol. The molecule has 1 aromatic carbocycles. The number of para-hydroxylation sites is 1. The van der Waals surface area contributed by atoms with Crippen molar-refractivity contribution in [2.24, 2.45) is 4.99 Å². The van der Waals surface area contributed by atoms with Gasteiger partial charge in [-0.05, 0) is 42.9 Å². The number of fused-ring (bicyclic) bond motifs is 1. The monoisotopic (exact) mass is 377 g/mol. The maximum absolute atomic E-state index is 6.27. The number of hydrogen-bond acceptors (Lipinski definition) is 4. The van der Waals surface area contributed by atoms with Gasteiger partial charge in [0.1, 0.15) is 11.9 Å². The van der Waals surface area contributed by atoms with Crippen molar-refractivity contribution in [2.45, 2.75) is 56.6 Å². The lowest BCUT2D eigenvalue weighted by atomic mass is 9.89. The normalized spacial score (nSPS) is 26.2. The van der Waals surface area contributed by atoms with E-state index < -0.39 is 0 Å². The first-order chi connectivity index (χ1) is 13.8. The number of anilines is 1. The summed E-state index contributed by atoms with van der Waals surface area (Å²) in [7, 11) is 0. The fourth-order valence-electron chi connectivity index (χ4n) is 4.37. The van der Waals surface area contributed by atoms with Crippen molar-refractivity contribution >= 4 is 11.5 Å². The quantitative estimate of drug-likeness (QED) is 0.861. The largest absolute Gasteiger partial charge is 0.474 e. The number of nitrogens with one attached hydrogen (secondary N) is 1. The van der Waals surface area contributed by atoms with Gasteiger partial charge in [-0.15, -0.1) is 0 Å². The summed E-state index contributed by atoms with van der Waals surface area (Å²) in [4.78, 5) is 9.46. The van der Waals surface area contributed by atoms with Gasteiger partial charge in [0.2, 0.25) is 5.88 Å². The van der Waals surface area contributed by atoms with E-state index in [-0.39, 0.29) is 6.10 Å². The predicted octanol–water partition coefficient (Wildman–Crippen LogP) is 4.34. The lowest BCUT2D eigenvalue weighted by Gasteiger charge is -2.34. The molecule has 2 aliphatic heterocycles. The number of rotatable bonds is 4. The Balaban J connectivity index is 1.18. The summed E-state index contributed by atoms with van der Waals surface area (Å²) in [6.45, 7) is 1.66. The summed E-state index contributed by atoms with van der Waals surface area (Å²) >= 11 is 0. The van der Waals surface area contributed by atoms with Crippen LogP contribution in [0.5, 0.6) is 5.88 Å². The van der Waals surface area contributed by atoms with E-state index in [1.54, 1.807) is 0 Å². The van der Waals surface area contributed by atoms with Gasteiger partial charge in [-0.25, -0.2) is 4.98 Å². The van der Waals surface area contributed by atoms with Crippen LogP contribution in [0, 0.1) is 0 Å². The van der Waals surface area contributed by atoms with Crippen LogP contribution in [0.3, 0.4) is 0 Å². The molecule has 0 amide bonds. The van der Waals surface area contributed by atoms with Gasteiger partial charge in [-0.3, -0.25) is 4.99 Å². The van der Waals surface area contributed by atoms with Gasteiger partial charge in [0.15, 0.2) is 0 Å². The molecule has 0 spiro atoms. The van der Waals surface area contributed by atoms with Crippen LogP contribution in [-0.2, 0) is 11.2 Å². The van der Waals surface area contributed by atoms with Crippen LogP contribution in [0.15, 0.2) is 47.6 Å². The molecule has 1 aromatic heterocycles. The van der Waals surface area contributed by atoms with Gasteiger partial charge in [0, 0.05) is 49.9 Å². The molecule has 1 aliphatic carbocycles. The van der Waals surface area contributed by atoms with E-state index in [9.17, 15) is 0 Å². The Morgan fingerprint density at radius 3 is 2.79 bits per heavy atom. The maximum atomic E-state index is 6.27. The summed E-state index contributed by atoms with van der Waals surface area (Å²) in [6.07, 6.45) is 8.15. The Labute approximate surface area is 166 Å². The lowest BCUT2D eigenvalue weighted by molar-refractivity contribution is 0.0780. The predicted molar refractivity (Wildman–Crippen MR) is 110 cm³/mol. The second kappa shape index (κ2) is 7.92. The highest BCUT2D eigenvalue weighted by Gasteiger charge is 2.33. The SMILES string of the molecule is c1ccc2c(c1)CCC(=NC1CC(Oc3ncccc3C3CCOCC3)C1)N2. The number of nitrogens with zero attached hydrogens (tertiary/aromatic N) is 2. The number of ether oxygens (including phenoxy) is 2. The van der Waals surface area contributed by atoms with Crippen molar-refractivity contribution in [3.63, 3.8) is 0 Å². The highest BCUT2D eigenvalue weighted by atomic mass is 16.5. The minimum atomic E-state index is 0.221. The molecule has 3 heterocycles. The zero-order valence-corrected chi connectivity index (χ0v) is 16.1. The number of aryl methyl sites for hydroxylation is 1. The fraction of sp³-hybridized carbons (Fsp3) is 0.478. The zero-order chi connectivity index (χ0) is 18.8. The molecule has 146 valence electrons. The summed E-state index contributed by atoms with van der Waals surface area (Å²) in [5.74, 6) is 2.43. The molecule has 5 heteroatoms. The summed E-state index contributed by atoms with van der Waals surface area (Å²) in [5.41, 5.74) is 3.83. The van der Waals surface area contributed by atoms with Crippen LogP contribution in [-0.4, -0.2) is 36.2 Å². The third-order valence-corrected chi connectivity index (χ3v) is 6.08. The molecule has 0 atom stereocenters. The first-order valence-electron chi connectivity index (χ1n) is 10.5. The molecule has 1 saturated heterocycles. The highest BCUT2D eigenvalue weighted by Crippen LogP contribution is 2.35. The van der Waals surface area contributed by atoms with E-state index in [0.29, 0.717) is 12.0 Å². The van der Waals surface area contributed by atoms with Gasteiger partial charge < -0.3 is 14.8 Å². The number of hydrogen-bond donors (Lipinski definition) is 1. The summed E-state index contributed by atoms with van der Waals surface area (Å²) in [5, 5.41) is 3.50. The van der Waals surface area contributed by atoms with E-state index >= 15 is 0 Å². The third kappa shape index (κ3) is 3.76. The standard InChI is InChI=1S/C23H27N3O2/c1-2-6-21-17(4-1)7-8-22(26-21)25-18-14-19(15-18)28-23-20(5-3-11-24-23)16-9-12-27-13-10-16/h1-6,11,16,18-19H,7-10,12-15H2,(H,25,26). The smallest absolute Gasteiger partial charge is 0.217 e. The molecule has 0 bridgehead atoms. The lowest BCUT2D eigenvalue weighted by Crippen LogP contribution is -2.38. The Kier molecular flexibility index (Phi) is 5.00. The van der Waals surface area contributed by atoms with Crippen LogP contribution in [0.1, 0.15) is 49.1 Å². The second-order valence-corrected chi connectivity index (χ2v) is 8.01. The van der Waals surface area contributed by atoms with Crippen LogP contribution >= 0.6 is 0 Å². The maximum Gasteiger partial charge on any atom is 0.217 e. The van der Waals surface area contributed by atoms with Crippen molar-refractivity contribution in [1.29, 1.82) is 0 Å². The molecule has 3 aliphatic rings. The Bertz CT molecular complexity index is 854. The average Bonchev–Trinajstić information content (AvgIpc) is 2.73. The van der Waals surface area contributed by atoms with Crippen molar-refractivity contribution in [3.05, 3.63) is 53.7 Å². The molecule has 5 nitrogen and oxygen atoms in total. The van der Waals surface area contributed by atoms with Gasteiger partial charge >= 0.3 is 0 Å². The number of benzene rings is 1. The molecule has 2 fully saturated rings. The molecule has 1 N–H and O–H groups in total. The number of aromatic nitrogens is 1. The minimum absolute atomic E-state index is 0.221. The molecular formula is C23H27N3O2. The van der Waals surface area contributed by atoms with Crippen molar-refractivity contribution in [2.75, 3.05) is 18.5 Å².